The van der Waals surface area contributed by atoms with Crippen LogP contribution in [0.25, 0.3) is 0 Å². The molecular weight excluding hydrogens is 325 g/mol. The van der Waals surface area contributed by atoms with E-state index in [2.05, 4.69) is 10.4 Å². The summed E-state index contributed by atoms with van der Waals surface area (Å²) >= 11 is 11.7. The van der Waals surface area contributed by atoms with Gasteiger partial charge in [0.05, 0.1) is 0 Å². The number of halogens is 2. The lowest BCUT2D eigenvalue weighted by molar-refractivity contribution is -0.129. The van der Waals surface area contributed by atoms with Gasteiger partial charge in [-0.1, -0.05) is 30.1 Å². The van der Waals surface area contributed by atoms with Gasteiger partial charge in [-0.05, 0) is 35.7 Å². The first-order valence-corrected chi connectivity index (χ1v) is 7.60. The Morgan fingerprint density at radius 2 is 2.05 bits per heavy atom. The van der Waals surface area contributed by atoms with E-state index in [1.807, 2.05) is 19.2 Å². The zero-order valence-electron chi connectivity index (χ0n) is 12.0. The largest absolute Gasteiger partial charge is 0.378 e. The van der Waals surface area contributed by atoms with Crippen LogP contribution in [0.15, 0.2) is 36.7 Å². The number of carbonyl (C=O) groups is 1. The second-order valence-electron chi connectivity index (χ2n) is 5.18. The van der Waals surface area contributed by atoms with Gasteiger partial charge in [-0.2, -0.15) is 5.10 Å². The van der Waals surface area contributed by atoms with E-state index >= 15 is 0 Å². The maximum Gasteiger partial charge on any atom is 0.253 e. The minimum absolute atomic E-state index is 0.180. The molecule has 7 heteroatoms. The summed E-state index contributed by atoms with van der Waals surface area (Å²) < 4.78 is 1.80. The van der Waals surface area contributed by atoms with Crippen LogP contribution in [-0.2, 0) is 11.3 Å². The average Bonchev–Trinajstić information content (AvgIpc) is 2.95. The fourth-order valence-electron chi connectivity index (χ4n) is 2.05. The van der Waals surface area contributed by atoms with Crippen LogP contribution < -0.4 is 5.32 Å². The second-order valence-corrected chi connectivity index (χ2v) is 6.06. The Bertz CT molecular complexity index is 611. The molecule has 1 aromatic heterocycles. The molecule has 0 saturated heterocycles. The summed E-state index contributed by atoms with van der Waals surface area (Å²) in [7, 11) is 0. The van der Waals surface area contributed by atoms with Crippen LogP contribution in [0.4, 0.5) is 0 Å². The second kappa shape index (κ2) is 7.63. The fourth-order valence-corrected chi connectivity index (χ4v) is 2.59. The van der Waals surface area contributed by atoms with Crippen molar-refractivity contribution >= 4 is 29.1 Å². The lowest BCUT2D eigenvalue weighted by Gasteiger charge is -2.16. The summed E-state index contributed by atoms with van der Waals surface area (Å²) in [5, 5.41) is 17.6. The Morgan fingerprint density at radius 1 is 1.36 bits per heavy atom. The van der Waals surface area contributed by atoms with Gasteiger partial charge in [0.25, 0.3) is 5.91 Å². The molecule has 0 aliphatic heterocycles. The Balaban J connectivity index is 1.88. The van der Waals surface area contributed by atoms with Crippen LogP contribution in [-0.4, -0.2) is 27.3 Å². The molecular formula is C15H17Cl2N3O2. The molecule has 0 fully saturated rings. The van der Waals surface area contributed by atoms with E-state index in [1.165, 1.54) is 12.1 Å². The predicted octanol–water partition coefficient (Wildman–Crippen LogP) is 2.68. The van der Waals surface area contributed by atoms with Gasteiger partial charge in [0.1, 0.15) is 0 Å². The molecule has 0 saturated carbocycles. The van der Waals surface area contributed by atoms with E-state index in [1.54, 1.807) is 16.9 Å². The Labute approximate surface area is 138 Å². The lowest BCUT2D eigenvalue weighted by atomic mass is 10.1. The molecule has 0 aliphatic carbocycles. The summed E-state index contributed by atoms with van der Waals surface area (Å²) in [6.45, 7) is 3.11. The van der Waals surface area contributed by atoms with E-state index in [0.717, 1.165) is 0 Å². The van der Waals surface area contributed by atoms with E-state index < -0.39 is 12.0 Å². The van der Waals surface area contributed by atoms with Crippen molar-refractivity contribution in [3.05, 3.63) is 52.3 Å². The molecule has 0 radical (unpaired) electrons. The van der Waals surface area contributed by atoms with Crippen LogP contribution >= 0.6 is 23.2 Å². The highest BCUT2D eigenvalue weighted by Crippen LogP contribution is 2.23. The van der Waals surface area contributed by atoms with Crippen LogP contribution in [0.1, 0.15) is 18.6 Å². The SMILES string of the molecule is CC(CNC(=O)C(O)c1cc(Cl)cc(Cl)c1)Cn1cccn1. The first-order valence-electron chi connectivity index (χ1n) is 6.85. The van der Waals surface area contributed by atoms with Crippen LogP contribution in [0.3, 0.4) is 0 Å². The number of carbonyl (C=O) groups excluding carboxylic acids is 1. The first-order chi connectivity index (χ1) is 10.5. The molecule has 2 unspecified atom stereocenters. The molecule has 22 heavy (non-hydrogen) atoms. The van der Waals surface area contributed by atoms with Crippen LogP contribution in [0.2, 0.25) is 10.0 Å². The van der Waals surface area contributed by atoms with Gasteiger partial charge in [-0.25, -0.2) is 0 Å². The van der Waals surface area contributed by atoms with Gasteiger partial charge in [-0.3, -0.25) is 9.48 Å². The number of hydrogen-bond acceptors (Lipinski definition) is 3. The molecule has 1 aromatic carbocycles. The molecule has 2 atom stereocenters. The highest BCUT2D eigenvalue weighted by molar-refractivity contribution is 6.34. The number of aliphatic hydroxyl groups excluding tert-OH is 1. The standard InChI is InChI=1S/C15H17Cl2N3O2/c1-10(9-20-4-2-3-19-20)8-18-15(22)14(21)11-5-12(16)7-13(17)6-11/h2-7,10,14,21H,8-9H2,1H3,(H,18,22). The molecule has 2 aromatic rings. The van der Waals surface area contributed by atoms with Gasteiger partial charge >= 0.3 is 0 Å². The smallest absolute Gasteiger partial charge is 0.253 e. The number of amides is 1. The van der Waals surface area contributed by atoms with Crippen LogP contribution in [0.5, 0.6) is 0 Å². The van der Waals surface area contributed by atoms with Gasteiger partial charge in [0.2, 0.25) is 0 Å². The van der Waals surface area contributed by atoms with Gasteiger partial charge in [-0.15, -0.1) is 0 Å². The number of benzene rings is 1. The topological polar surface area (TPSA) is 67.2 Å². The fraction of sp³-hybridized carbons (Fsp3) is 0.333. The molecule has 0 spiro atoms. The third kappa shape index (κ3) is 4.73. The third-order valence-corrected chi connectivity index (χ3v) is 3.57. The number of nitrogens with zero attached hydrogens (tertiary/aromatic N) is 2. The minimum atomic E-state index is -1.30. The highest BCUT2D eigenvalue weighted by Gasteiger charge is 2.18. The van der Waals surface area contributed by atoms with E-state index in [4.69, 9.17) is 23.2 Å². The van der Waals surface area contributed by atoms with E-state index in [9.17, 15) is 9.90 Å². The number of hydrogen-bond donors (Lipinski definition) is 2. The summed E-state index contributed by atoms with van der Waals surface area (Å²) in [6.07, 6.45) is 2.27. The molecule has 1 amide bonds. The third-order valence-electron chi connectivity index (χ3n) is 3.13. The molecule has 0 aliphatic rings. The molecule has 2 N–H and O–H groups in total. The van der Waals surface area contributed by atoms with Gasteiger partial charge in [0, 0.05) is 35.5 Å². The maximum absolute atomic E-state index is 12.0. The molecule has 2 rings (SSSR count). The number of aromatic nitrogens is 2. The molecule has 0 bridgehead atoms. The van der Waals surface area contributed by atoms with Crippen molar-refractivity contribution in [2.75, 3.05) is 6.54 Å². The first kappa shape index (κ1) is 16.8. The Hall–Kier alpha value is -1.56. The summed E-state index contributed by atoms with van der Waals surface area (Å²) in [5.41, 5.74) is 0.370. The minimum Gasteiger partial charge on any atom is -0.378 e. The van der Waals surface area contributed by atoms with Crippen molar-refractivity contribution in [2.24, 2.45) is 5.92 Å². The van der Waals surface area contributed by atoms with Crippen molar-refractivity contribution in [1.29, 1.82) is 0 Å². The zero-order chi connectivity index (χ0) is 16.1. The lowest BCUT2D eigenvalue weighted by Crippen LogP contribution is -2.33. The Morgan fingerprint density at radius 3 is 2.64 bits per heavy atom. The zero-order valence-corrected chi connectivity index (χ0v) is 13.6. The van der Waals surface area contributed by atoms with Gasteiger partial charge < -0.3 is 10.4 Å². The highest BCUT2D eigenvalue weighted by atomic mass is 35.5. The summed E-state index contributed by atoms with van der Waals surface area (Å²) in [4.78, 5) is 12.0. The quantitative estimate of drug-likeness (QED) is 0.848. The van der Waals surface area contributed by atoms with Crippen molar-refractivity contribution in [3.8, 4) is 0 Å². The van der Waals surface area contributed by atoms with E-state index in [0.29, 0.717) is 28.7 Å². The average molecular weight is 342 g/mol. The number of aliphatic hydroxyl groups is 1. The normalized spacial score (nSPS) is 13.6. The maximum atomic E-state index is 12.0. The van der Waals surface area contributed by atoms with Crippen LogP contribution in [0, 0.1) is 5.92 Å². The van der Waals surface area contributed by atoms with Crippen molar-refractivity contribution < 1.29 is 9.90 Å². The summed E-state index contributed by atoms with van der Waals surface area (Å²) in [5.74, 6) is -0.301. The van der Waals surface area contributed by atoms with Crippen molar-refractivity contribution in [2.45, 2.75) is 19.6 Å². The summed E-state index contributed by atoms with van der Waals surface area (Å²) in [6, 6.07) is 6.43. The molecule has 5 nitrogen and oxygen atoms in total. The number of nitrogens with one attached hydrogen (secondary N) is 1. The Kier molecular flexibility index (Phi) is 5.83. The van der Waals surface area contributed by atoms with Gasteiger partial charge in [0.15, 0.2) is 6.10 Å². The number of rotatable bonds is 6. The molecule has 118 valence electrons. The van der Waals surface area contributed by atoms with E-state index in [-0.39, 0.29) is 5.92 Å². The predicted molar refractivity (Wildman–Crippen MR) is 85.8 cm³/mol. The van der Waals surface area contributed by atoms with Crippen molar-refractivity contribution in [1.82, 2.24) is 15.1 Å². The monoisotopic (exact) mass is 341 g/mol. The molecule has 1 heterocycles. The van der Waals surface area contributed by atoms with Crippen molar-refractivity contribution in [3.63, 3.8) is 0 Å².